The second-order valence-electron chi connectivity index (χ2n) is 5.67. The van der Waals surface area contributed by atoms with Gasteiger partial charge in [-0.1, -0.05) is 13.8 Å². The molecule has 0 fully saturated rings. The van der Waals surface area contributed by atoms with Crippen LogP contribution in [0.5, 0.6) is 0 Å². The first-order valence-electron chi connectivity index (χ1n) is 6.86. The van der Waals surface area contributed by atoms with Crippen molar-refractivity contribution in [1.29, 1.82) is 0 Å². The van der Waals surface area contributed by atoms with Gasteiger partial charge in [0.25, 0.3) is 0 Å². The number of nitrogens with one attached hydrogen (secondary N) is 1. The van der Waals surface area contributed by atoms with Crippen molar-refractivity contribution >= 4 is 0 Å². The molecule has 4 heteroatoms. The lowest BCUT2D eigenvalue weighted by molar-refractivity contribution is -0.0144. The molecule has 0 aliphatic heterocycles. The Labute approximate surface area is 116 Å². The van der Waals surface area contributed by atoms with Crippen molar-refractivity contribution in [3.63, 3.8) is 0 Å². The van der Waals surface area contributed by atoms with Gasteiger partial charge in [-0.3, -0.25) is 0 Å². The summed E-state index contributed by atoms with van der Waals surface area (Å²) in [5, 5.41) is 3.38. The molecule has 0 saturated heterocycles. The maximum absolute atomic E-state index is 5.66. The summed E-state index contributed by atoms with van der Waals surface area (Å²) in [5.74, 6) is 0.906. The molecule has 0 spiro atoms. The first-order chi connectivity index (χ1) is 8.94. The highest BCUT2D eigenvalue weighted by atomic mass is 16.5. The molecule has 110 valence electrons. The zero-order valence-corrected chi connectivity index (χ0v) is 12.8. The van der Waals surface area contributed by atoms with Crippen molar-refractivity contribution in [1.82, 2.24) is 5.32 Å². The van der Waals surface area contributed by atoms with Gasteiger partial charge >= 0.3 is 0 Å². The fourth-order valence-electron chi connectivity index (χ4n) is 1.55. The zero-order chi connectivity index (χ0) is 14.3. The van der Waals surface area contributed by atoms with E-state index in [1.807, 2.05) is 6.07 Å². The van der Waals surface area contributed by atoms with Crippen molar-refractivity contribution in [3.8, 4) is 0 Å². The Morgan fingerprint density at radius 1 is 1.37 bits per heavy atom. The Bertz CT molecular complexity index is 358. The molecule has 1 heterocycles. The first kappa shape index (κ1) is 16.2. The predicted molar refractivity (Wildman–Crippen MR) is 76.0 cm³/mol. The van der Waals surface area contributed by atoms with E-state index >= 15 is 0 Å². The van der Waals surface area contributed by atoms with Crippen molar-refractivity contribution in [2.24, 2.45) is 0 Å². The third kappa shape index (κ3) is 6.23. The molecule has 0 amide bonds. The van der Waals surface area contributed by atoms with Crippen LogP contribution in [0.4, 0.5) is 0 Å². The molecular formula is C15H27NO3. The van der Waals surface area contributed by atoms with Crippen LogP contribution in [0, 0.1) is 0 Å². The van der Waals surface area contributed by atoms with E-state index < -0.39 is 0 Å². The lowest BCUT2D eigenvalue weighted by atomic mass is 10.1. The summed E-state index contributed by atoms with van der Waals surface area (Å²) in [4.78, 5) is 0. The average Bonchev–Trinajstić information content (AvgIpc) is 2.79. The van der Waals surface area contributed by atoms with Crippen LogP contribution in [-0.4, -0.2) is 25.4 Å². The number of hydrogen-bond acceptors (Lipinski definition) is 4. The molecule has 1 aromatic heterocycles. The topological polar surface area (TPSA) is 43.6 Å². The largest absolute Gasteiger partial charge is 0.467 e. The summed E-state index contributed by atoms with van der Waals surface area (Å²) in [7, 11) is 1.72. The van der Waals surface area contributed by atoms with Crippen LogP contribution >= 0.6 is 0 Å². The molecule has 0 unspecified atom stereocenters. The number of methoxy groups -OCH3 is 1. The Kier molecular flexibility index (Phi) is 6.55. The molecular weight excluding hydrogens is 242 g/mol. The summed E-state index contributed by atoms with van der Waals surface area (Å²) < 4.78 is 16.5. The second-order valence-corrected chi connectivity index (χ2v) is 5.67. The minimum atomic E-state index is -0.134. The van der Waals surface area contributed by atoms with Gasteiger partial charge in [-0.2, -0.15) is 0 Å². The SMILES string of the molecule is COC(C)(C)CCOCc1occc1CNC(C)C. The third-order valence-electron chi connectivity index (χ3n) is 3.17. The molecule has 1 aromatic rings. The smallest absolute Gasteiger partial charge is 0.133 e. The van der Waals surface area contributed by atoms with Gasteiger partial charge in [0, 0.05) is 31.9 Å². The quantitative estimate of drug-likeness (QED) is 0.700. The number of ether oxygens (including phenoxy) is 2. The Morgan fingerprint density at radius 3 is 2.74 bits per heavy atom. The van der Waals surface area contributed by atoms with Crippen LogP contribution in [0.15, 0.2) is 16.7 Å². The molecule has 0 bridgehead atoms. The minimum absolute atomic E-state index is 0.134. The second kappa shape index (κ2) is 7.68. The molecule has 0 radical (unpaired) electrons. The highest BCUT2D eigenvalue weighted by molar-refractivity contribution is 5.16. The standard InChI is InChI=1S/C15H27NO3/c1-12(2)16-10-13-6-8-19-14(13)11-18-9-7-15(3,4)17-5/h6,8,12,16H,7,9-11H2,1-5H3. The summed E-state index contributed by atoms with van der Waals surface area (Å²) in [6.07, 6.45) is 2.58. The molecule has 0 aliphatic carbocycles. The summed E-state index contributed by atoms with van der Waals surface area (Å²) in [5.41, 5.74) is 1.03. The normalized spacial score (nSPS) is 12.3. The first-order valence-corrected chi connectivity index (χ1v) is 6.86. The molecule has 1 rings (SSSR count). The fraction of sp³-hybridized carbons (Fsp3) is 0.733. The summed E-state index contributed by atoms with van der Waals surface area (Å²) >= 11 is 0. The number of furan rings is 1. The van der Waals surface area contributed by atoms with Gasteiger partial charge in [-0.05, 0) is 26.3 Å². The Hall–Kier alpha value is -0.840. The molecule has 19 heavy (non-hydrogen) atoms. The molecule has 0 saturated carbocycles. The summed E-state index contributed by atoms with van der Waals surface area (Å²) in [6.45, 7) is 10.4. The van der Waals surface area contributed by atoms with Crippen molar-refractivity contribution in [2.45, 2.75) is 58.9 Å². The lowest BCUT2D eigenvalue weighted by Gasteiger charge is -2.22. The minimum Gasteiger partial charge on any atom is -0.467 e. The fourth-order valence-corrected chi connectivity index (χ4v) is 1.55. The maximum atomic E-state index is 5.66. The van der Waals surface area contributed by atoms with E-state index in [-0.39, 0.29) is 5.60 Å². The monoisotopic (exact) mass is 269 g/mol. The number of rotatable bonds is 9. The molecule has 1 N–H and O–H groups in total. The van der Waals surface area contributed by atoms with Gasteiger partial charge in [0.05, 0.1) is 11.9 Å². The maximum Gasteiger partial charge on any atom is 0.133 e. The van der Waals surface area contributed by atoms with Gasteiger partial charge in [0.15, 0.2) is 0 Å². The predicted octanol–water partition coefficient (Wildman–Crippen LogP) is 3.11. The van der Waals surface area contributed by atoms with Gasteiger partial charge in [0.2, 0.25) is 0 Å². The molecule has 0 atom stereocenters. The highest BCUT2D eigenvalue weighted by Gasteiger charge is 2.16. The van der Waals surface area contributed by atoms with Crippen LogP contribution in [0.1, 0.15) is 45.4 Å². The number of hydrogen-bond donors (Lipinski definition) is 1. The summed E-state index contributed by atoms with van der Waals surface area (Å²) in [6, 6.07) is 2.46. The van der Waals surface area contributed by atoms with Gasteiger partial charge in [-0.15, -0.1) is 0 Å². The molecule has 0 aromatic carbocycles. The van der Waals surface area contributed by atoms with E-state index in [9.17, 15) is 0 Å². The Balaban J connectivity index is 2.31. The molecule has 0 aliphatic rings. The Morgan fingerprint density at radius 2 is 2.11 bits per heavy atom. The third-order valence-corrected chi connectivity index (χ3v) is 3.17. The zero-order valence-electron chi connectivity index (χ0n) is 12.8. The highest BCUT2D eigenvalue weighted by Crippen LogP contribution is 2.15. The lowest BCUT2D eigenvalue weighted by Crippen LogP contribution is -2.24. The van der Waals surface area contributed by atoms with Crippen molar-refractivity contribution < 1.29 is 13.9 Å². The van der Waals surface area contributed by atoms with E-state index in [1.165, 1.54) is 5.56 Å². The van der Waals surface area contributed by atoms with Crippen molar-refractivity contribution in [3.05, 3.63) is 23.7 Å². The average molecular weight is 269 g/mol. The van der Waals surface area contributed by atoms with Gasteiger partial charge in [0.1, 0.15) is 12.4 Å². The van der Waals surface area contributed by atoms with Crippen LogP contribution in [-0.2, 0) is 22.6 Å². The van der Waals surface area contributed by atoms with Crippen molar-refractivity contribution in [2.75, 3.05) is 13.7 Å². The van der Waals surface area contributed by atoms with Crippen LogP contribution in [0.2, 0.25) is 0 Å². The van der Waals surface area contributed by atoms with Gasteiger partial charge < -0.3 is 19.2 Å². The van der Waals surface area contributed by atoms with E-state index in [0.29, 0.717) is 19.3 Å². The van der Waals surface area contributed by atoms with Crippen LogP contribution in [0.3, 0.4) is 0 Å². The van der Waals surface area contributed by atoms with Gasteiger partial charge in [-0.25, -0.2) is 0 Å². The molecule has 4 nitrogen and oxygen atoms in total. The van der Waals surface area contributed by atoms with E-state index in [2.05, 4.69) is 33.0 Å². The van der Waals surface area contributed by atoms with E-state index in [0.717, 1.165) is 18.7 Å². The van der Waals surface area contributed by atoms with Crippen LogP contribution < -0.4 is 5.32 Å². The van der Waals surface area contributed by atoms with Crippen LogP contribution in [0.25, 0.3) is 0 Å². The van der Waals surface area contributed by atoms with E-state index in [4.69, 9.17) is 13.9 Å². The van der Waals surface area contributed by atoms with E-state index in [1.54, 1.807) is 13.4 Å².